The number of aromatic nitrogens is 1. The Morgan fingerprint density at radius 2 is 2.00 bits per heavy atom. The molecule has 0 saturated carbocycles. The molecule has 7 nitrogen and oxygen atoms in total. The maximum atomic E-state index is 11.9. The number of rotatable bonds is 3. The summed E-state index contributed by atoms with van der Waals surface area (Å²) in [6.45, 7) is 0. The average Bonchev–Trinajstić information content (AvgIpc) is 2.15. The Morgan fingerprint density at radius 3 is 2.47 bits per heavy atom. The predicted octanol–water partition coefficient (Wildman–Crippen LogP) is 1.22. The van der Waals surface area contributed by atoms with Crippen LogP contribution >= 0.6 is 0 Å². The first-order valence-corrected chi connectivity index (χ1v) is 5.15. The van der Waals surface area contributed by atoms with E-state index in [9.17, 15) is 31.7 Å². The normalized spacial score (nSPS) is 12.2. The van der Waals surface area contributed by atoms with Crippen LogP contribution in [0.2, 0.25) is 0 Å². The van der Waals surface area contributed by atoms with Gasteiger partial charge in [0.2, 0.25) is 0 Å². The minimum Gasteiger partial charge on any atom is -0.376 e. The monoisotopic (exact) mass is 272 g/mol. The van der Waals surface area contributed by atoms with Crippen LogP contribution in [-0.4, -0.2) is 23.8 Å². The zero-order chi connectivity index (χ0) is 13.3. The molecular weight excluding hydrogens is 269 g/mol. The molecule has 94 valence electrons. The van der Waals surface area contributed by atoms with Crippen LogP contribution in [0.25, 0.3) is 0 Å². The van der Waals surface area contributed by atoms with E-state index >= 15 is 0 Å². The third-order valence-corrected chi connectivity index (χ3v) is 2.37. The SMILES string of the molecule is O=[N+]([O-])c1cc(OS(=O)(=O)C(F)(F)F)ccn1. The standard InChI is InChI=1S/C6H3F3N2O5S/c7-6(8,9)17(14,15)16-4-1-2-10-5(3-4)11(12)13/h1-3H. The predicted molar refractivity (Wildman–Crippen MR) is 46.5 cm³/mol. The van der Waals surface area contributed by atoms with Crippen molar-refractivity contribution in [2.45, 2.75) is 5.51 Å². The van der Waals surface area contributed by atoms with Gasteiger partial charge in [-0.05, 0) is 9.91 Å². The zero-order valence-corrected chi connectivity index (χ0v) is 8.53. The fourth-order valence-corrected chi connectivity index (χ4v) is 1.18. The summed E-state index contributed by atoms with van der Waals surface area (Å²) in [4.78, 5) is 12.4. The van der Waals surface area contributed by atoms with Crippen molar-refractivity contribution in [2.24, 2.45) is 0 Å². The molecule has 0 N–H and O–H groups in total. The van der Waals surface area contributed by atoms with Crippen LogP contribution in [0.3, 0.4) is 0 Å². The Bertz CT molecular complexity index is 541. The van der Waals surface area contributed by atoms with Gasteiger partial charge in [0.15, 0.2) is 5.75 Å². The molecule has 1 aromatic rings. The second-order valence-corrected chi connectivity index (χ2v) is 4.13. The maximum absolute atomic E-state index is 11.9. The first kappa shape index (κ1) is 13.2. The van der Waals surface area contributed by atoms with E-state index in [1.165, 1.54) is 0 Å². The molecule has 0 saturated heterocycles. The lowest BCUT2D eigenvalue weighted by molar-refractivity contribution is -0.389. The second kappa shape index (κ2) is 4.16. The molecule has 0 atom stereocenters. The molecule has 0 aliphatic heterocycles. The molecule has 1 aromatic heterocycles. The van der Waals surface area contributed by atoms with Crippen LogP contribution in [-0.2, 0) is 10.1 Å². The molecule has 0 aliphatic carbocycles. The van der Waals surface area contributed by atoms with Crippen LogP contribution in [0.4, 0.5) is 19.0 Å². The topological polar surface area (TPSA) is 99.4 Å². The highest BCUT2D eigenvalue weighted by Crippen LogP contribution is 2.27. The van der Waals surface area contributed by atoms with Gasteiger partial charge in [-0.1, -0.05) is 0 Å². The van der Waals surface area contributed by atoms with Crippen molar-refractivity contribution in [3.05, 3.63) is 28.4 Å². The molecule has 0 aliphatic rings. The van der Waals surface area contributed by atoms with Crippen LogP contribution < -0.4 is 4.18 Å². The third-order valence-electron chi connectivity index (χ3n) is 1.39. The summed E-state index contributed by atoms with van der Waals surface area (Å²) >= 11 is 0. The molecule has 1 rings (SSSR count). The molecule has 0 spiro atoms. The van der Waals surface area contributed by atoms with E-state index in [4.69, 9.17) is 0 Å². The zero-order valence-electron chi connectivity index (χ0n) is 7.71. The van der Waals surface area contributed by atoms with Crippen molar-refractivity contribution >= 4 is 15.9 Å². The molecule has 0 amide bonds. The highest BCUT2D eigenvalue weighted by molar-refractivity contribution is 7.87. The number of hydrogen-bond acceptors (Lipinski definition) is 6. The van der Waals surface area contributed by atoms with Crippen molar-refractivity contribution in [3.8, 4) is 5.75 Å². The molecule has 0 unspecified atom stereocenters. The molecule has 0 radical (unpaired) electrons. The van der Waals surface area contributed by atoms with Crippen molar-refractivity contribution in [1.29, 1.82) is 0 Å². The number of pyridine rings is 1. The van der Waals surface area contributed by atoms with E-state index in [1.807, 2.05) is 0 Å². The summed E-state index contributed by atoms with van der Waals surface area (Å²) < 4.78 is 60.5. The van der Waals surface area contributed by atoms with Crippen LogP contribution in [0.15, 0.2) is 18.3 Å². The summed E-state index contributed by atoms with van der Waals surface area (Å²) in [5.74, 6) is -1.68. The van der Waals surface area contributed by atoms with Gasteiger partial charge in [0.1, 0.15) is 6.20 Å². The summed E-state index contributed by atoms with van der Waals surface area (Å²) in [6.07, 6.45) is 0.749. The highest BCUT2D eigenvalue weighted by atomic mass is 32.2. The van der Waals surface area contributed by atoms with Gasteiger partial charge >= 0.3 is 21.4 Å². The molecule has 0 bridgehead atoms. The number of halogens is 3. The molecular formula is C6H3F3N2O5S. The van der Waals surface area contributed by atoms with E-state index < -0.39 is 32.1 Å². The number of nitrogens with zero attached hydrogens (tertiary/aromatic N) is 2. The Kier molecular flexibility index (Phi) is 3.22. The van der Waals surface area contributed by atoms with Gasteiger partial charge in [-0.3, -0.25) is 0 Å². The van der Waals surface area contributed by atoms with Gasteiger partial charge in [0.25, 0.3) is 0 Å². The first-order valence-electron chi connectivity index (χ1n) is 3.75. The molecule has 0 aromatic carbocycles. The van der Waals surface area contributed by atoms with Crippen LogP contribution in [0.5, 0.6) is 5.75 Å². The minimum absolute atomic E-state index is 0.462. The van der Waals surface area contributed by atoms with Gasteiger partial charge < -0.3 is 14.3 Å². The first-order chi connectivity index (χ1) is 7.63. The fraction of sp³-hybridized carbons (Fsp3) is 0.167. The average molecular weight is 272 g/mol. The summed E-state index contributed by atoms with van der Waals surface area (Å²) in [5.41, 5.74) is -5.61. The smallest absolute Gasteiger partial charge is 0.376 e. The second-order valence-electron chi connectivity index (χ2n) is 2.59. The van der Waals surface area contributed by atoms with Gasteiger partial charge in [0.05, 0.1) is 6.07 Å². The molecule has 11 heteroatoms. The molecule has 17 heavy (non-hydrogen) atoms. The Hall–Kier alpha value is -1.91. The van der Waals surface area contributed by atoms with E-state index in [2.05, 4.69) is 9.17 Å². The van der Waals surface area contributed by atoms with Crippen molar-refractivity contribution in [3.63, 3.8) is 0 Å². The van der Waals surface area contributed by atoms with Gasteiger partial charge in [0, 0.05) is 6.07 Å². The number of nitro groups is 1. The lowest BCUT2D eigenvalue weighted by Gasteiger charge is -2.08. The van der Waals surface area contributed by atoms with E-state index in [1.54, 1.807) is 0 Å². The highest BCUT2D eigenvalue weighted by Gasteiger charge is 2.48. The lowest BCUT2D eigenvalue weighted by atomic mass is 10.4. The largest absolute Gasteiger partial charge is 0.534 e. The van der Waals surface area contributed by atoms with E-state index in [-0.39, 0.29) is 0 Å². The van der Waals surface area contributed by atoms with E-state index in [0.717, 1.165) is 12.3 Å². The van der Waals surface area contributed by atoms with Gasteiger partial charge in [-0.2, -0.15) is 21.6 Å². The van der Waals surface area contributed by atoms with Gasteiger partial charge in [-0.15, -0.1) is 0 Å². The Morgan fingerprint density at radius 1 is 1.41 bits per heavy atom. The van der Waals surface area contributed by atoms with Crippen molar-refractivity contribution < 1.29 is 30.7 Å². The Balaban J connectivity index is 3.05. The Labute approximate surface area is 92.1 Å². The van der Waals surface area contributed by atoms with Crippen LogP contribution in [0, 0.1) is 10.1 Å². The van der Waals surface area contributed by atoms with Crippen molar-refractivity contribution in [2.75, 3.05) is 0 Å². The summed E-state index contributed by atoms with van der Waals surface area (Å²) in [5, 5.41) is 10.2. The van der Waals surface area contributed by atoms with Crippen LogP contribution in [0.1, 0.15) is 0 Å². The summed E-state index contributed by atoms with van der Waals surface area (Å²) in [7, 11) is -5.84. The molecule has 1 heterocycles. The maximum Gasteiger partial charge on any atom is 0.534 e. The third kappa shape index (κ3) is 3.03. The van der Waals surface area contributed by atoms with Crippen molar-refractivity contribution in [1.82, 2.24) is 4.98 Å². The summed E-state index contributed by atoms with van der Waals surface area (Å²) in [6, 6.07) is 1.21. The minimum atomic E-state index is -5.84. The lowest BCUT2D eigenvalue weighted by Crippen LogP contribution is -2.28. The van der Waals surface area contributed by atoms with E-state index in [0.29, 0.717) is 6.07 Å². The number of hydrogen-bond donors (Lipinski definition) is 0. The van der Waals surface area contributed by atoms with Gasteiger partial charge in [-0.25, -0.2) is 0 Å². The quantitative estimate of drug-likeness (QED) is 0.355. The fourth-order valence-electron chi connectivity index (χ4n) is 0.725. The molecule has 0 fully saturated rings. The number of alkyl halides is 3.